The molecule has 0 atom stereocenters. The minimum absolute atomic E-state index is 0.248. The van der Waals surface area contributed by atoms with Gasteiger partial charge in [0, 0.05) is 0 Å². The van der Waals surface area contributed by atoms with E-state index in [-0.39, 0.29) is 11.4 Å². The number of anilines is 2. The maximum atomic E-state index is 12.7. The lowest BCUT2D eigenvalue weighted by atomic mass is 10.2. The lowest BCUT2D eigenvalue weighted by molar-refractivity contribution is -0.142. The molecule has 0 aliphatic carbocycles. The lowest BCUT2D eigenvalue weighted by Crippen LogP contribution is -2.12. The van der Waals surface area contributed by atoms with Gasteiger partial charge in [-0.25, -0.2) is 19.0 Å². The van der Waals surface area contributed by atoms with Crippen LogP contribution >= 0.6 is 0 Å². The van der Waals surface area contributed by atoms with Crippen LogP contribution in [0.4, 0.5) is 38.0 Å². The highest BCUT2D eigenvalue weighted by Gasteiger charge is 2.42. The zero-order valence-electron chi connectivity index (χ0n) is 18.7. The van der Waals surface area contributed by atoms with Gasteiger partial charge in [-0.1, -0.05) is 36.4 Å². The molecular formula is C22H16F6N6O4. The van der Waals surface area contributed by atoms with Gasteiger partial charge >= 0.3 is 24.3 Å². The Morgan fingerprint density at radius 3 is 1.13 bits per heavy atom. The Morgan fingerprint density at radius 2 is 0.921 bits per heavy atom. The molecule has 2 heterocycles. The Hall–Kier alpha value is -5.02. The fourth-order valence-corrected chi connectivity index (χ4v) is 3.21. The largest absolute Gasteiger partial charge is 0.477 e. The molecule has 16 heteroatoms. The van der Waals surface area contributed by atoms with Gasteiger partial charge in [-0.15, -0.1) is 0 Å². The molecule has 0 aliphatic heterocycles. The molecule has 4 aromatic rings. The third-order valence-corrected chi connectivity index (χ3v) is 4.81. The van der Waals surface area contributed by atoms with Crippen LogP contribution in [0.2, 0.25) is 0 Å². The number of aromatic nitrogens is 4. The number of rotatable bonds is 4. The number of benzene rings is 2. The van der Waals surface area contributed by atoms with Crippen LogP contribution in [0.3, 0.4) is 0 Å². The molecule has 2 aromatic carbocycles. The van der Waals surface area contributed by atoms with Crippen LogP contribution in [0.25, 0.3) is 11.4 Å². The van der Waals surface area contributed by atoms with Crippen molar-refractivity contribution in [3.63, 3.8) is 0 Å². The van der Waals surface area contributed by atoms with E-state index >= 15 is 0 Å². The van der Waals surface area contributed by atoms with Gasteiger partial charge in [-0.2, -0.15) is 36.5 Å². The first-order valence-electron chi connectivity index (χ1n) is 10.1. The minimum atomic E-state index is -4.89. The maximum absolute atomic E-state index is 12.7. The predicted octanol–water partition coefficient (Wildman–Crippen LogP) is 4.34. The molecule has 38 heavy (non-hydrogen) atoms. The molecule has 0 saturated carbocycles. The van der Waals surface area contributed by atoms with E-state index in [1.807, 2.05) is 0 Å². The Bertz CT molecular complexity index is 1350. The van der Waals surface area contributed by atoms with Gasteiger partial charge in [0.2, 0.25) is 0 Å². The topological polar surface area (TPSA) is 162 Å². The highest BCUT2D eigenvalue weighted by Crippen LogP contribution is 2.35. The summed E-state index contributed by atoms with van der Waals surface area (Å²) in [4.78, 5) is 21.8. The summed E-state index contributed by atoms with van der Waals surface area (Å²) in [7, 11) is 0. The molecule has 0 amide bonds. The second-order valence-electron chi connectivity index (χ2n) is 7.32. The zero-order valence-corrected chi connectivity index (χ0v) is 18.7. The van der Waals surface area contributed by atoms with E-state index in [1.54, 1.807) is 36.4 Å². The van der Waals surface area contributed by atoms with Crippen molar-refractivity contribution in [2.75, 3.05) is 11.5 Å². The first kappa shape index (κ1) is 27.6. The smallest absolute Gasteiger partial charge is 0.436 e. The van der Waals surface area contributed by atoms with Gasteiger partial charge in [0.1, 0.15) is 22.8 Å². The Morgan fingerprint density at radius 1 is 0.632 bits per heavy atom. The molecule has 0 spiro atoms. The number of nitrogens with zero attached hydrogens (tertiary/aromatic N) is 4. The number of halogens is 6. The van der Waals surface area contributed by atoms with E-state index in [9.17, 15) is 35.9 Å². The summed E-state index contributed by atoms with van der Waals surface area (Å²) in [6.07, 6.45) is -9.77. The monoisotopic (exact) mass is 542 g/mol. The van der Waals surface area contributed by atoms with E-state index in [2.05, 4.69) is 10.2 Å². The summed E-state index contributed by atoms with van der Waals surface area (Å²) < 4.78 is 77.9. The van der Waals surface area contributed by atoms with Gasteiger partial charge in [-0.3, -0.25) is 0 Å². The molecular weight excluding hydrogens is 526 g/mol. The molecule has 10 nitrogen and oxygen atoms in total. The highest BCUT2D eigenvalue weighted by atomic mass is 19.4. The number of para-hydroxylation sites is 2. The van der Waals surface area contributed by atoms with E-state index < -0.39 is 58.4 Å². The summed E-state index contributed by atoms with van der Waals surface area (Å²) in [5.41, 5.74) is 6.29. The van der Waals surface area contributed by atoms with Gasteiger partial charge in [0.05, 0.1) is 11.4 Å². The zero-order chi connectivity index (χ0) is 28.4. The third-order valence-electron chi connectivity index (χ3n) is 4.81. The lowest BCUT2D eigenvalue weighted by Gasteiger charge is -2.03. The summed E-state index contributed by atoms with van der Waals surface area (Å²) in [5.74, 6) is -4.67. The average Bonchev–Trinajstić information content (AvgIpc) is 3.38. The van der Waals surface area contributed by atoms with Gasteiger partial charge in [-0.05, 0) is 24.3 Å². The first-order valence-corrected chi connectivity index (χ1v) is 10.1. The molecule has 0 unspecified atom stereocenters. The number of carboxylic acids is 2. The fourth-order valence-electron chi connectivity index (χ4n) is 3.21. The molecule has 6 N–H and O–H groups in total. The van der Waals surface area contributed by atoms with Crippen LogP contribution in [-0.2, 0) is 12.4 Å². The van der Waals surface area contributed by atoms with Gasteiger partial charge < -0.3 is 21.7 Å². The van der Waals surface area contributed by atoms with E-state index in [0.717, 1.165) is 9.36 Å². The molecule has 200 valence electrons. The summed E-state index contributed by atoms with van der Waals surface area (Å²) in [5, 5.41) is 24.2. The Kier molecular flexibility index (Phi) is 7.37. The van der Waals surface area contributed by atoms with Crippen molar-refractivity contribution in [1.29, 1.82) is 0 Å². The molecule has 0 bridgehead atoms. The molecule has 2 aromatic heterocycles. The predicted molar refractivity (Wildman–Crippen MR) is 120 cm³/mol. The minimum Gasteiger partial charge on any atom is -0.477 e. The van der Waals surface area contributed by atoms with Crippen molar-refractivity contribution >= 4 is 23.6 Å². The van der Waals surface area contributed by atoms with Crippen molar-refractivity contribution in [1.82, 2.24) is 19.6 Å². The molecule has 0 fully saturated rings. The summed E-state index contributed by atoms with van der Waals surface area (Å²) in [6.45, 7) is 0. The highest BCUT2D eigenvalue weighted by molar-refractivity contribution is 5.95. The van der Waals surface area contributed by atoms with Crippen LogP contribution in [0.5, 0.6) is 0 Å². The van der Waals surface area contributed by atoms with Crippen molar-refractivity contribution in [3.8, 4) is 11.4 Å². The van der Waals surface area contributed by atoms with E-state index in [0.29, 0.717) is 0 Å². The van der Waals surface area contributed by atoms with Crippen LogP contribution in [0.1, 0.15) is 32.1 Å². The number of alkyl halides is 6. The number of aromatic carboxylic acids is 2. The SMILES string of the molecule is Nc1c(C(=O)O)c(C(F)(F)F)nn1-c1ccccc1.Nc1c(C(=O)O)c(C(F)(F)F)nn1-c1ccccc1. The second-order valence-corrected chi connectivity index (χ2v) is 7.32. The molecule has 0 saturated heterocycles. The normalized spacial score (nSPS) is 11.5. The Labute approximate surface area is 208 Å². The van der Waals surface area contributed by atoms with E-state index in [4.69, 9.17) is 21.7 Å². The van der Waals surface area contributed by atoms with Crippen LogP contribution in [-0.4, -0.2) is 41.7 Å². The standard InChI is InChI=1S/2C11H8F3N3O2/c2*12-11(13,14)8-7(10(18)19)9(15)17(16-8)6-4-2-1-3-5-6/h2*1-5H,15H2,(H,18,19). The van der Waals surface area contributed by atoms with Crippen LogP contribution in [0.15, 0.2) is 60.7 Å². The summed E-state index contributed by atoms with van der Waals surface area (Å²) >= 11 is 0. The number of carboxylic acid groups (broad SMARTS) is 2. The quantitative estimate of drug-likeness (QED) is 0.277. The molecule has 4 rings (SSSR count). The number of nitrogen functional groups attached to an aromatic ring is 2. The van der Waals surface area contributed by atoms with Crippen LogP contribution in [0, 0.1) is 0 Å². The van der Waals surface area contributed by atoms with Gasteiger partial charge in [0.25, 0.3) is 0 Å². The number of hydrogen-bond donors (Lipinski definition) is 4. The number of nitrogens with two attached hydrogens (primary N) is 2. The molecule has 0 radical (unpaired) electrons. The van der Waals surface area contributed by atoms with Crippen molar-refractivity contribution in [2.24, 2.45) is 0 Å². The van der Waals surface area contributed by atoms with Crippen molar-refractivity contribution < 1.29 is 46.1 Å². The maximum Gasteiger partial charge on any atom is 0.436 e. The number of carbonyl (C=O) groups is 2. The first-order chi connectivity index (χ1) is 17.6. The second kappa shape index (κ2) is 10.2. The van der Waals surface area contributed by atoms with Crippen molar-refractivity contribution in [2.45, 2.75) is 12.4 Å². The van der Waals surface area contributed by atoms with Crippen molar-refractivity contribution in [3.05, 3.63) is 83.2 Å². The molecule has 0 aliphatic rings. The number of hydrogen-bond acceptors (Lipinski definition) is 6. The summed E-state index contributed by atoms with van der Waals surface area (Å²) in [6, 6.07) is 15.5. The van der Waals surface area contributed by atoms with Crippen LogP contribution < -0.4 is 11.5 Å². The fraction of sp³-hybridized carbons (Fsp3) is 0.0909. The van der Waals surface area contributed by atoms with E-state index in [1.165, 1.54) is 24.3 Å². The Balaban J connectivity index is 0.000000211. The third kappa shape index (κ3) is 5.53. The van der Waals surface area contributed by atoms with Gasteiger partial charge in [0.15, 0.2) is 11.4 Å². The average molecular weight is 542 g/mol.